The standard InChI is InChI=1S/C11H17N3O2/c1-16-11(15)9-7-5-3-2-4-6-8-10-13-14-12/h2,4,7,9H,3,5-6,8,10H2,1H3/b4-2-,9-7+. The van der Waals surface area contributed by atoms with Crippen molar-refractivity contribution in [2.45, 2.75) is 25.7 Å². The summed E-state index contributed by atoms with van der Waals surface area (Å²) in [5, 5.41) is 3.43. The van der Waals surface area contributed by atoms with Gasteiger partial charge in [-0.3, -0.25) is 0 Å². The SMILES string of the molecule is COC(=O)/C=C/CC/C=C\CCCN=[N+]=[N-]. The van der Waals surface area contributed by atoms with Gasteiger partial charge >= 0.3 is 5.97 Å². The van der Waals surface area contributed by atoms with Gasteiger partial charge in [-0.05, 0) is 31.2 Å². The highest BCUT2D eigenvalue weighted by Crippen LogP contribution is 1.97. The van der Waals surface area contributed by atoms with E-state index in [4.69, 9.17) is 5.53 Å². The van der Waals surface area contributed by atoms with Crippen LogP contribution in [0.4, 0.5) is 0 Å². The molecule has 0 N–H and O–H groups in total. The van der Waals surface area contributed by atoms with E-state index in [-0.39, 0.29) is 5.97 Å². The first-order valence-electron chi connectivity index (χ1n) is 5.21. The fourth-order valence-corrected chi connectivity index (χ4v) is 1.00. The van der Waals surface area contributed by atoms with Crippen LogP contribution in [0.3, 0.4) is 0 Å². The Morgan fingerprint density at radius 1 is 1.31 bits per heavy atom. The van der Waals surface area contributed by atoms with Crippen LogP contribution in [-0.2, 0) is 9.53 Å². The van der Waals surface area contributed by atoms with Crippen molar-refractivity contribution < 1.29 is 9.53 Å². The van der Waals surface area contributed by atoms with E-state index in [1.165, 1.54) is 13.2 Å². The van der Waals surface area contributed by atoms with Gasteiger partial charge < -0.3 is 4.74 Å². The quantitative estimate of drug-likeness (QED) is 0.120. The zero-order valence-corrected chi connectivity index (χ0v) is 9.50. The molecule has 0 saturated heterocycles. The Hall–Kier alpha value is -1.74. The van der Waals surface area contributed by atoms with Crippen molar-refractivity contribution >= 4 is 5.97 Å². The van der Waals surface area contributed by atoms with Crippen LogP contribution in [-0.4, -0.2) is 19.6 Å². The highest BCUT2D eigenvalue weighted by Gasteiger charge is 1.88. The van der Waals surface area contributed by atoms with E-state index < -0.39 is 0 Å². The fourth-order valence-electron chi connectivity index (χ4n) is 1.00. The van der Waals surface area contributed by atoms with E-state index in [1.807, 2.05) is 0 Å². The third kappa shape index (κ3) is 10.3. The second kappa shape index (κ2) is 11.3. The molecule has 0 rings (SSSR count). The first kappa shape index (κ1) is 14.3. The van der Waals surface area contributed by atoms with Gasteiger partial charge in [0.2, 0.25) is 0 Å². The largest absolute Gasteiger partial charge is 0.466 e. The lowest BCUT2D eigenvalue weighted by molar-refractivity contribution is -0.134. The highest BCUT2D eigenvalue weighted by molar-refractivity contribution is 5.81. The third-order valence-corrected chi connectivity index (χ3v) is 1.81. The summed E-state index contributed by atoms with van der Waals surface area (Å²) in [6.07, 6.45) is 10.8. The van der Waals surface area contributed by atoms with Gasteiger partial charge in [-0.15, -0.1) is 0 Å². The molecular formula is C11H17N3O2. The van der Waals surface area contributed by atoms with Gasteiger partial charge in [-0.25, -0.2) is 4.79 Å². The maximum absolute atomic E-state index is 10.7. The van der Waals surface area contributed by atoms with E-state index in [0.29, 0.717) is 6.54 Å². The summed E-state index contributed by atoms with van der Waals surface area (Å²) in [6, 6.07) is 0. The van der Waals surface area contributed by atoms with Crippen molar-refractivity contribution in [3.05, 3.63) is 34.7 Å². The molecule has 0 aromatic carbocycles. The molecule has 0 aliphatic carbocycles. The Labute approximate surface area is 95.4 Å². The molecule has 0 saturated carbocycles. The van der Waals surface area contributed by atoms with Crippen molar-refractivity contribution in [2.75, 3.05) is 13.7 Å². The molecule has 0 fully saturated rings. The Morgan fingerprint density at radius 2 is 2.00 bits per heavy atom. The lowest BCUT2D eigenvalue weighted by Crippen LogP contribution is -1.93. The molecule has 0 aliphatic heterocycles. The number of nitrogens with zero attached hydrogens (tertiary/aromatic N) is 3. The minimum atomic E-state index is -0.321. The number of hydrogen-bond donors (Lipinski definition) is 0. The molecule has 16 heavy (non-hydrogen) atoms. The Morgan fingerprint density at radius 3 is 2.69 bits per heavy atom. The molecule has 0 radical (unpaired) electrons. The van der Waals surface area contributed by atoms with E-state index in [2.05, 4.69) is 26.9 Å². The average molecular weight is 223 g/mol. The molecule has 0 atom stereocenters. The number of esters is 1. The molecule has 0 aromatic heterocycles. The molecular weight excluding hydrogens is 206 g/mol. The van der Waals surface area contributed by atoms with E-state index in [0.717, 1.165) is 25.7 Å². The number of unbranched alkanes of at least 4 members (excludes halogenated alkanes) is 2. The van der Waals surface area contributed by atoms with Crippen LogP contribution in [0.1, 0.15) is 25.7 Å². The van der Waals surface area contributed by atoms with Gasteiger partial charge in [0, 0.05) is 17.5 Å². The molecule has 0 heterocycles. The van der Waals surface area contributed by atoms with Crippen molar-refractivity contribution in [1.82, 2.24) is 0 Å². The number of carbonyl (C=O) groups excluding carboxylic acids is 1. The van der Waals surface area contributed by atoms with Crippen LogP contribution < -0.4 is 0 Å². The number of rotatable bonds is 8. The minimum Gasteiger partial charge on any atom is -0.466 e. The first-order chi connectivity index (χ1) is 7.81. The maximum Gasteiger partial charge on any atom is 0.330 e. The van der Waals surface area contributed by atoms with Crippen LogP contribution in [0.5, 0.6) is 0 Å². The molecule has 88 valence electrons. The lowest BCUT2D eigenvalue weighted by Gasteiger charge is -1.90. The highest BCUT2D eigenvalue weighted by atomic mass is 16.5. The van der Waals surface area contributed by atoms with Gasteiger partial charge in [0.05, 0.1) is 7.11 Å². The number of allylic oxidation sites excluding steroid dienone is 3. The topological polar surface area (TPSA) is 75.1 Å². The second-order valence-electron chi connectivity index (χ2n) is 3.07. The summed E-state index contributed by atoms with van der Waals surface area (Å²) in [5.41, 5.74) is 8.03. The Kier molecular flexibility index (Phi) is 10.1. The fraction of sp³-hybridized carbons (Fsp3) is 0.545. The first-order valence-corrected chi connectivity index (χ1v) is 5.21. The number of hydrogen-bond acceptors (Lipinski definition) is 3. The number of carbonyl (C=O) groups is 1. The average Bonchev–Trinajstić information content (AvgIpc) is 2.31. The van der Waals surface area contributed by atoms with Gasteiger partial charge in [0.1, 0.15) is 0 Å². The van der Waals surface area contributed by atoms with Crippen LogP contribution in [0.15, 0.2) is 29.4 Å². The number of ether oxygens (including phenoxy) is 1. The molecule has 0 aromatic rings. The molecule has 0 bridgehead atoms. The summed E-state index contributed by atoms with van der Waals surface area (Å²) in [4.78, 5) is 13.3. The number of azide groups is 1. The van der Waals surface area contributed by atoms with Crippen molar-refractivity contribution in [3.8, 4) is 0 Å². The van der Waals surface area contributed by atoms with Crippen molar-refractivity contribution in [3.63, 3.8) is 0 Å². The van der Waals surface area contributed by atoms with E-state index in [1.54, 1.807) is 6.08 Å². The zero-order valence-electron chi connectivity index (χ0n) is 9.50. The number of methoxy groups -OCH3 is 1. The maximum atomic E-state index is 10.7. The Balaban J connectivity index is 3.37. The summed E-state index contributed by atoms with van der Waals surface area (Å²) in [5.74, 6) is -0.321. The minimum absolute atomic E-state index is 0.321. The van der Waals surface area contributed by atoms with Gasteiger partial charge in [0.15, 0.2) is 0 Å². The molecule has 0 spiro atoms. The van der Waals surface area contributed by atoms with Crippen LogP contribution in [0, 0.1) is 0 Å². The molecule has 5 heteroatoms. The van der Waals surface area contributed by atoms with Crippen molar-refractivity contribution in [2.24, 2.45) is 5.11 Å². The van der Waals surface area contributed by atoms with Gasteiger partial charge in [-0.1, -0.05) is 23.3 Å². The zero-order chi connectivity index (χ0) is 12.1. The predicted octanol–water partition coefficient (Wildman–Crippen LogP) is 3.14. The second-order valence-corrected chi connectivity index (χ2v) is 3.07. The van der Waals surface area contributed by atoms with Crippen molar-refractivity contribution in [1.29, 1.82) is 0 Å². The third-order valence-electron chi connectivity index (χ3n) is 1.81. The van der Waals surface area contributed by atoms with Crippen LogP contribution in [0.2, 0.25) is 0 Å². The summed E-state index contributed by atoms with van der Waals surface area (Å²) in [7, 11) is 1.36. The molecule has 0 amide bonds. The predicted molar refractivity (Wildman–Crippen MR) is 62.8 cm³/mol. The monoisotopic (exact) mass is 223 g/mol. The van der Waals surface area contributed by atoms with Crippen LogP contribution >= 0.6 is 0 Å². The smallest absolute Gasteiger partial charge is 0.330 e. The molecule has 0 aliphatic rings. The summed E-state index contributed by atoms with van der Waals surface area (Å²) in [6.45, 7) is 0.545. The normalized spacial score (nSPS) is 10.6. The van der Waals surface area contributed by atoms with Gasteiger partial charge in [0.25, 0.3) is 0 Å². The molecule has 5 nitrogen and oxygen atoms in total. The lowest BCUT2D eigenvalue weighted by atomic mass is 10.2. The van der Waals surface area contributed by atoms with Crippen LogP contribution in [0.25, 0.3) is 10.4 Å². The summed E-state index contributed by atoms with van der Waals surface area (Å²) >= 11 is 0. The van der Waals surface area contributed by atoms with E-state index in [9.17, 15) is 4.79 Å². The Bertz CT molecular complexity index is 292. The van der Waals surface area contributed by atoms with Gasteiger partial charge in [-0.2, -0.15) is 0 Å². The molecule has 0 unspecified atom stereocenters. The summed E-state index contributed by atoms with van der Waals surface area (Å²) < 4.78 is 4.45. The van der Waals surface area contributed by atoms with E-state index >= 15 is 0 Å².